The topological polar surface area (TPSA) is 61.4 Å². The molecule has 4 heteroatoms. The van der Waals surface area contributed by atoms with E-state index in [4.69, 9.17) is 0 Å². The second kappa shape index (κ2) is 4.15. The van der Waals surface area contributed by atoms with E-state index in [2.05, 4.69) is 17.4 Å². The van der Waals surface area contributed by atoms with E-state index in [1.54, 1.807) is 12.1 Å². The van der Waals surface area contributed by atoms with Gasteiger partial charge in [-0.05, 0) is 12.1 Å². The van der Waals surface area contributed by atoms with Gasteiger partial charge < -0.3 is 10.5 Å². The number of aromatic hydroxyl groups is 1. The van der Waals surface area contributed by atoms with Crippen molar-refractivity contribution in [3.8, 4) is 5.75 Å². The molecule has 13 heavy (non-hydrogen) atoms. The third-order valence-corrected chi connectivity index (χ3v) is 1.44. The molecule has 1 rings (SSSR count). The van der Waals surface area contributed by atoms with Crippen LogP contribution in [0.15, 0.2) is 37.0 Å². The Hall–Kier alpha value is -1.97. The molecule has 0 unspecified atom stereocenters. The minimum absolute atomic E-state index is 0.0501. The Bertz CT molecular complexity index is 323. The highest BCUT2D eigenvalue weighted by Gasteiger charge is 2.07. The van der Waals surface area contributed by atoms with Crippen LogP contribution in [0.4, 0.5) is 0 Å². The predicted molar refractivity (Wildman–Crippen MR) is 48.9 cm³/mol. The normalized spacial score (nSPS) is 8.92. The first-order valence-electron chi connectivity index (χ1n) is 3.70. The molecule has 1 aromatic carbocycles. The number of rotatable bonds is 3. The molecule has 0 saturated carbocycles. The van der Waals surface area contributed by atoms with Crippen LogP contribution >= 0.6 is 0 Å². The van der Waals surface area contributed by atoms with Crippen LogP contribution in [0.2, 0.25) is 0 Å². The van der Waals surface area contributed by atoms with Crippen LogP contribution in [0, 0.1) is 0 Å². The van der Waals surface area contributed by atoms with Gasteiger partial charge in [0.05, 0.1) is 5.56 Å². The quantitative estimate of drug-likeness (QED) is 0.599. The summed E-state index contributed by atoms with van der Waals surface area (Å²) in [7, 11) is 0. The molecule has 0 aliphatic rings. The maximum atomic E-state index is 11.2. The fourth-order valence-corrected chi connectivity index (χ4v) is 0.850. The number of hydrazine groups is 1. The summed E-state index contributed by atoms with van der Waals surface area (Å²) in [5, 5.41) is 9.27. The monoisotopic (exact) mass is 178 g/mol. The number of hydrogen-bond acceptors (Lipinski definition) is 3. The summed E-state index contributed by atoms with van der Waals surface area (Å²) in [6, 6.07) is 6.29. The molecular weight excluding hydrogens is 168 g/mol. The first-order chi connectivity index (χ1) is 6.25. The van der Waals surface area contributed by atoms with Gasteiger partial charge in [-0.25, -0.2) is 0 Å². The van der Waals surface area contributed by atoms with Gasteiger partial charge in [0.1, 0.15) is 5.75 Å². The van der Waals surface area contributed by atoms with Crippen LogP contribution in [-0.4, -0.2) is 11.0 Å². The van der Waals surface area contributed by atoms with E-state index < -0.39 is 5.91 Å². The number of nitrogens with one attached hydrogen (secondary N) is 2. The molecule has 0 aromatic heterocycles. The highest BCUT2D eigenvalue weighted by atomic mass is 16.3. The molecule has 0 fully saturated rings. The third kappa shape index (κ3) is 2.23. The molecule has 0 spiro atoms. The predicted octanol–water partition coefficient (Wildman–Crippen LogP) is 0.770. The van der Waals surface area contributed by atoms with E-state index in [0.717, 1.165) is 0 Å². The van der Waals surface area contributed by atoms with Gasteiger partial charge in [0, 0.05) is 6.20 Å². The summed E-state index contributed by atoms with van der Waals surface area (Å²) in [6.45, 7) is 3.36. The Morgan fingerprint density at radius 2 is 2.15 bits per heavy atom. The summed E-state index contributed by atoms with van der Waals surface area (Å²) in [5.41, 5.74) is 4.97. The molecule has 0 heterocycles. The number of amides is 1. The molecule has 0 atom stereocenters. The third-order valence-electron chi connectivity index (χ3n) is 1.44. The Kier molecular flexibility index (Phi) is 2.92. The van der Waals surface area contributed by atoms with Gasteiger partial charge in [-0.1, -0.05) is 18.7 Å². The zero-order chi connectivity index (χ0) is 9.68. The average molecular weight is 178 g/mol. The smallest absolute Gasteiger partial charge is 0.273 e. The second-order valence-corrected chi connectivity index (χ2v) is 2.32. The first-order valence-corrected chi connectivity index (χ1v) is 3.70. The lowest BCUT2D eigenvalue weighted by Gasteiger charge is -2.04. The highest BCUT2D eigenvalue weighted by molar-refractivity contribution is 5.96. The largest absolute Gasteiger partial charge is 0.507 e. The first kappa shape index (κ1) is 9.12. The summed E-state index contributed by atoms with van der Waals surface area (Å²) in [5.74, 6) is -0.455. The summed E-state index contributed by atoms with van der Waals surface area (Å²) < 4.78 is 0. The van der Waals surface area contributed by atoms with E-state index >= 15 is 0 Å². The van der Waals surface area contributed by atoms with Crippen molar-refractivity contribution in [2.75, 3.05) is 0 Å². The zero-order valence-corrected chi connectivity index (χ0v) is 6.95. The Labute approximate surface area is 75.9 Å². The lowest BCUT2D eigenvalue weighted by Crippen LogP contribution is -2.33. The minimum Gasteiger partial charge on any atom is -0.507 e. The summed E-state index contributed by atoms with van der Waals surface area (Å²) in [4.78, 5) is 11.2. The zero-order valence-electron chi connectivity index (χ0n) is 6.95. The van der Waals surface area contributed by atoms with Gasteiger partial charge in [0.25, 0.3) is 5.91 Å². The molecule has 1 amide bonds. The van der Waals surface area contributed by atoms with Crippen molar-refractivity contribution in [1.82, 2.24) is 10.9 Å². The van der Waals surface area contributed by atoms with Crippen molar-refractivity contribution in [3.63, 3.8) is 0 Å². The van der Waals surface area contributed by atoms with Crippen molar-refractivity contribution in [2.24, 2.45) is 0 Å². The Balaban J connectivity index is 2.76. The van der Waals surface area contributed by atoms with Crippen molar-refractivity contribution >= 4 is 5.91 Å². The fourth-order valence-electron chi connectivity index (χ4n) is 0.850. The lowest BCUT2D eigenvalue weighted by molar-refractivity contribution is 0.0938. The van der Waals surface area contributed by atoms with Gasteiger partial charge in [0.2, 0.25) is 0 Å². The van der Waals surface area contributed by atoms with E-state index in [1.165, 1.54) is 18.3 Å². The van der Waals surface area contributed by atoms with Crippen LogP contribution in [0.5, 0.6) is 5.75 Å². The summed E-state index contributed by atoms with van der Waals surface area (Å²) >= 11 is 0. The highest BCUT2D eigenvalue weighted by Crippen LogP contribution is 2.14. The number of carbonyl (C=O) groups excluding carboxylic acids is 1. The lowest BCUT2D eigenvalue weighted by atomic mass is 10.2. The molecule has 0 aliphatic carbocycles. The standard InChI is InChI=1S/C9H10N2O2/c1-2-10-11-9(13)7-5-3-4-6-8(7)12/h2-6,10,12H,1H2,(H,11,13). The van der Waals surface area contributed by atoms with Crippen LogP contribution in [0.3, 0.4) is 0 Å². The number of phenols is 1. The fraction of sp³-hybridized carbons (Fsp3) is 0. The molecule has 0 saturated heterocycles. The van der Waals surface area contributed by atoms with Crippen molar-refractivity contribution in [1.29, 1.82) is 0 Å². The molecule has 0 aliphatic heterocycles. The van der Waals surface area contributed by atoms with Crippen LogP contribution < -0.4 is 10.9 Å². The van der Waals surface area contributed by atoms with Crippen molar-refractivity contribution in [3.05, 3.63) is 42.6 Å². The Morgan fingerprint density at radius 1 is 1.46 bits per heavy atom. The van der Waals surface area contributed by atoms with E-state index in [0.29, 0.717) is 0 Å². The van der Waals surface area contributed by atoms with E-state index in [1.807, 2.05) is 0 Å². The Morgan fingerprint density at radius 3 is 2.77 bits per heavy atom. The maximum absolute atomic E-state index is 11.2. The van der Waals surface area contributed by atoms with Gasteiger partial charge in [0.15, 0.2) is 0 Å². The van der Waals surface area contributed by atoms with Gasteiger partial charge >= 0.3 is 0 Å². The number of carbonyl (C=O) groups is 1. The number of hydrogen-bond donors (Lipinski definition) is 3. The number of benzene rings is 1. The molecule has 1 aromatic rings. The molecule has 0 bridgehead atoms. The average Bonchev–Trinajstić information content (AvgIpc) is 2.15. The van der Waals surface area contributed by atoms with Crippen LogP contribution in [-0.2, 0) is 0 Å². The molecule has 3 N–H and O–H groups in total. The summed E-state index contributed by atoms with van der Waals surface area (Å²) in [6.07, 6.45) is 1.33. The molecule has 0 radical (unpaired) electrons. The van der Waals surface area contributed by atoms with Crippen molar-refractivity contribution < 1.29 is 9.90 Å². The van der Waals surface area contributed by atoms with Crippen molar-refractivity contribution in [2.45, 2.75) is 0 Å². The number of para-hydroxylation sites is 1. The molecule has 68 valence electrons. The van der Waals surface area contributed by atoms with Crippen LogP contribution in [0.25, 0.3) is 0 Å². The van der Waals surface area contributed by atoms with Gasteiger partial charge in [-0.3, -0.25) is 10.2 Å². The SMILES string of the molecule is C=CNNC(=O)c1ccccc1O. The minimum atomic E-state index is -0.405. The maximum Gasteiger partial charge on any atom is 0.273 e. The molecular formula is C9H10N2O2. The second-order valence-electron chi connectivity index (χ2n) is 2.32. The van der Waals surface area contributed by atoms with Gasteiger partial charge in [-0.2, -0.15) is 0 Å². The van der Waals surface area contributed by atoms with E-state index in [-0.39, 0.29) is 11.3 Å². The molecule has 4 nitrogen and oxygen atoms in total. The number of phenolic OH excluding ortho intramolecular Hbond substituents is 1. The van der Waals surface area contributed by atoms with E-state index in [9.17, 15) is 9.90 Å². The van der Waals surface area contributed by atoms with Gasteiger partial charge in [-0.15, -0.1) is 0 Å². The van der Waals surface area contributed by atoms with Crippen LogP contribution in [0.1, 0.15) is 10.4 Å².